The Morgan fingerprint density at radius 3 is 2.83 bits per heavy atom. The Hall–Kier alpha value is -1.71. The van der Waals surface area contributed by atoms with Crippen LogP contribution in [0.3, 0.4) is 0 Å². The van der Waals surface area contributed by atoms with Crippen molar-refractivity contribution < 1.29 is 22.7 Å². The first-order chi connectivity index (χ1) is 13.6. The molecule has 1 N–H and O–H groups in total. The van der Waals surface area contributed by atoms with E-state index in [9.17, 15) is 18.0 Å². The molecule has 0 saturated carbocycles. The first-order valence-corrected chi connectivity index (χ1v) is 10.5. The van der Waals surface area contributed by atoms with Crippen LogP contribution in [0.25, 0.3) is 0 Å². The summed E-state index contributed by atoms with van der Waals surface area (Å²) in [7, 11) is 0. The van der Waals surface area contributed by atoms with Crippen molar-refractivity contribution >= 4 is 35.0 Å². The zero-order chi connectivity index (χ0) is 21.2. The van der Waals surface area contributed by atoms with Crippen molar-refractivity contribution in [3.05, 3.63) is 40.2 Å². The Labute approximate surface area is 176 Å². The molecule has 1 saturated heterocycles. The number of thioether (sulfide) groups is 1. The van der Waals surface area contributed by atoms with Gasteiger partial charge in [-0.3, -0.25) is 4.79 Å². The van der Waals surface area contributed by atoms with Crippen molar-refractivity contribution in [3.63, 3.8) is 0 Å². The Morgan fingerprint density at radius 2 is 2.17 bits per heavy atom. The molecule has 0 spiro atoms. The normalized spacial score (nSPS) is 17.0. The maximum atomic E-state index is 13.2. The number of hydrogen-bond acceptors (Lipinski definition) is 4. The van der Waals surface area contributed by atoms with Gasteiger partial charge in [0, 0.05) is 17.3 Å². The smallest absolute Gasteiger partial charge is 0.376 e. The highest BCUT2D eigenvalue weighted by atomic mass is 35.5. The summed E-state index contributed by atoms with van der Waals surface area (Å²) in [6, 6.07) is 3.26. The number of nitrogens with zero attached hydrogens (tertiary/aromatic N) is 2. The number of ether oxygens (including phenoxy) is 1. The Balaban J connectivity index is 1.68. The van der Waals surface area contributed by atoms with Gasteiger partial charge in [-0.1, -0.05) is 23.4 Å². The van der Waals surface area contributed by atoms with Crippen LogP contribution in [0.2, 0.25) is 5.02 Å². The van der Waals surface area contributed by atoms with Gasteiger partial charge in [0.2, 0.25) is 5.91 Å². The molecule has 2 aromatic rings. The number of imidazole rings is 1. The minimum atomic E-state index is -4.62. The summed E-state index contributed by atoms with van der Waals surface area (Å²) in [4.78, 5) is 16.8. The van der Waals surface area contributed by atoms with Crippen LogP contribution in [0.4, 0.5) is 18.9 Å². The molecule has 0 aliphatic carbocycles. The third-order valence-corrected chi connectivity index (χ3v) is 5.94. The largest absolute Gasteiger partial charge is 0.418 e. The molecule has 1 aliphatic rings. The molecule has 29 heavy (non-hydrogen) atoms. The lowest BCUT2D eigenvalue weighted by Crippen LogP contribution is -2.19. The average Bonchev–Trinajstić information content (AvgIpc) is 3.25. The summed E-state index contributed by atoms with van der Waals surface area (Å²) in [5.41, 5.74) is 0.543. The van der Waals surface area contributed by atoms with Crippen molar-refractivity contribution in [1.29, 1.82) is 0 Å². The van der Waals surface area contributed by atoms with E-state index in [-0.39, 0.29) is 22.6 Å². The van der Waals surface area contributed by atoms with Crippen LogP contribution in [0.5, 0.6) is 0 Å². The Morgan fingerprint density at radius 1 is 1.41 bits per heavy atom. The summed E-state index contributed by atoms with van der Waals surface area (Å²) in [6.45, 7) is 5.22. The number of halogens is 4. The highest BCUT2D eigenvalue weighted by molar-refractivity contribution is 7.99. The number of nitrogens with one attached hydrogen (secondary N) is 1. The topological polar surface area (TPSA) is 56.2 Å². The summed E-state index contributed by atoms with van der Waals surface area (Å²) in [5, 5.41) is 2.93. The molecule has 0 unspecified atom stereocenters. The van der Waals surface area contributed by atoms with Crippen molar-refractivity contribution in [2.24, 2.45) is 0 Å². The van der Waals surface area contributed by atoms with Gasteiger partial charge in [-0.05, 0) is 44.9 Å². The zero-order valence-electron chi connectivity index (χ0n) is 16.0. The van der Waals surface area contributed by atoms with Crippen molar-refractivity contribution in [1.82, 2.24) is 9.55 Å². The monoisotopic (exact) mass is 447 g/mol. The molecule has 3 rings (SSSR count). The molecular formula is C19H21ClF3N3O2S. The van der Waals surface area contributed by atoms with Crippen molar-refractivity contribution in [3.8, 4) is 0 Å². The quantitative estimate of drug-likeness (QED) is 0.627. The lowest BCUT2D eigenvalue weighted by atomic mass is 10.1. The second-order valence-electron chi connectivity index (χ2n) is 6.84. The molecule has 1 aromatic heterocycles. The first-order valence-electron chi connectivity index (χ1n) is 9.10. The molecule has 158 valence electrons. The van der Waals surface area contributed by atoms with Crippen LogP contribution >= 0.6 is 23.4 Å². The molecule has 1 amide bonds. The SMILES string of the molecule is Cc1nc(SCC(=O)Nc2ccc(Cl)cc2C(F)(F)F)n(C[C@H]2CCCO2)c1C. The van der Waals surface area contributed by atoms with Crippen LogP contribution in [-0.4, -0.2) is 33.9 Å². The fraction of sp³-hybridized carbons (Fsp3) is 0.474. The number of amides is 1. The number of aryl methyl sites for hydroxylation is 1. The number of alkyl halides is 3. The van der Waals surface area contributed by atoms with E-state index in [2.05, 4.69) is 10.3 Å². The van der Waals surface area contributed by atoms with E-state index in [4.69, 9.17) is 16.3 Å². The lowest BCUT2D eigenvalue weighted by molar-refractivity contribution is -0.137. The molecule has 1 aliphatic heterocycles. The van der Waals surface area contributed by atoms with Gasteiger partial charge in [-0.15, -0.1) is 0 Å². The standard InChI is InChI=1S/C19H21ClF3N3O2S/c1-11-12(2)26(9-14-4-3-7-28-14)18(24-11)29-10-17(27)25-16-6-5-13(20)8-15(16)19(21,22)23/h5-6,8,14H,3-4,7,9-10H2,1-2H3,(H,25,27)/t14-/m1/s1. The predicted octanol–water partition coefficient (Wildman–Crippen LogP) is 5.08. The maximum Gasteiger partial charge on any atom is 0.418 e. The minimum absolute atomic E-state index is 0.0493. The van der Waals surface area contributed by atoms with E-state index in [0.717, 1.165) is 43.0 Å². The fourth-order valence-corrected chi connectivity index (χ4v) is 4.19. The maximum absolute atomic E-state index is 13.2. The molecule has 0 bridgehead atoms. The number of hydrogen-bond donors (Lipinski definition) is 1. The van der Waals surface area contributed by atoms with Gasteiger partial charge in [0.05, 0.1) is 35.3 Å². The van der Waals surface area contributed by atoms with Gasteiger partial charge in [-0.2, -0.15) is 13.2 Å². The molecule has 1 aromatic carbocycles. The number of rotatable bonds is 6. The lowest BCUT2D eigenvalue weighted by Gasteiger charge is -2.15. The number of carbonyl (C=O) groups is 1. The van der Waals surface area contributed by atoms with E-state index in [1.165, 1.54) is 17.8 Å². The molecule has 5 nitrogen and oxygen atoms in total. The van der Waals surface area contributed by atoms with Gasteiger partial charge in [0.1, 0.15) is 0 Å². The van der Waals surface area contributed by atoms with E-state index in [0.29, 0.717) is 11.7 Å². The summed E-state index contributed by atoms with van der Waals surface area (Å²) in [6.07, 6.45) is -2.52. The van der Waals surface area contributed by atoms with Gasteiger partial charge in [0.15, 0.2) is 5.16 Å². The molecule has 0 radical (unpaired) electrons. The van der Waals surface area contributed by atoms with Crippen LogP contribution in [0, 0.1) is 13.8 Å². The van der Waals surface area contributed by atoms with Gasteiger partial charge >= 0.3 is 6.18 Å². The van der Waals surface area contributed by atoms with Crippen molar-refractivity contribution in [2.75, 3.05) is 17.7 Å². The zero-order valence-corrected chi connectivity index (χ0v) is 17.5. The third kappa shape index (κ3) is 5.46. The number of aromatic nitrogens is 2. The Kier molecular flexibility index (Phi) is 6.80. The second-order valence-corrected chi connectivity index (χ2v) is 8.21. The minimum Gasteiger partial charge on any atom is -0.376 e. The van der Waals surface area contributed by atoms with Crippen molar-refractivity contribution in [2.45, 2.75) is 50.7 Å². The summed E-state index contributed by atoms with van der Waals surface area (Å²) in [5.74, 6) is -0.619. The number of benzene rings is 1. The fourth-order valence-electron chi connectivity index (χ4n) is 3.12. The van der Waals surface area contributed by atoms with Crippen LogP contribution in [-0.2, 0) is 22.3 Å². The number of anilines is 1. The molecule has 1 fully saturated rings. The molecular weight excluding hydrogens is 427 g/mol. The third-order valence-electron chi connectivity index (χ3n) is 4.73. The summed E-state index contributed by atoms with van der Waals surface area (Å²) < 4.78 is 47.2. The highest BCUT2D eigenvalue weighted by Gasteiger charge is 2.34. The summed E-state index contributed by atoms with van der Waals surface area (Å²) >= 11 is 6.85. The van der Waals surface area contributed by atoms with Gasteiger partial charge < -0.3 is 14.6 Å². The predicted molar refractivity (Wildman–Crippen MR) is 106 cm³/mol. The number of carbonyl (C=O) groups excluding carboxylic acids is 1. The second kappa shape index (κ2) is 8.97. The van der Waals surface area contributed by atoms with Crippen LogP contribution < -0.4 is 5.32 Å². The molecule has 1 atom stereocenters. The molecule has 2 heterocycles. The van der Waals surface area contributed by atoms with E-state index in [1.807, 2.05) is 18.4 Å². The molecule has 10 heteroatoms. The van der Waals surface area contributed by atoms with Gasteiger partial charge in [-0.25, -0.2) is 4.98 Å². The van der Waals surface area contributed by atoms with Crippen LogP contribution in [0.1, 0.15) is 29.8 Å². The van der Waals surface area contributed by atoms with Gasteiger partial charge in [0.25, 0.3) is 0 Å². The first kappa shape index (κ1) is 22.0. The highest BCUT2D eigenvalue weighted by Crippen LogP contribution is 2.36. The Bertz CT molecular complexity index is 896. The average molecular weight is 448 g/mol. The van der Waals surface area contributed by atoms with Crippen LogP contribution in [0.15, 0.2) is 23.4 Å². The van der Waals surface area contributed by atoms with E-state index < -0.39 is 17.6 Å². The van der Waals surface area contributed by atoms with E-state index in [1.54, 1.807) is 0 Å². The van der Waals surface area contributed by atoms with E-state index >= 15 is 0 Å².